The number of fused-ring (bicyclic) bond motifs is 1. The highest BCUT2D eigenvalue weighted by atomic mass is 32.1. The minimum atomic E-state index is -0.918. The molecule has 0 radical (unpaired) electrons. The average Bonchev–Trinajstić information content (AvgIpc) is 2.75. The molecule has 6 heteroatoms. The van der Waals surface area contributed by atoms with Crippen molar-refractivity contribution in [3.05, 3.63) is 17.3 Å². The van der Waals surface area contributed by atoms with Gasteiger partial charge in [-0.3, -0.25) is 0 Å². The molecular formula is C11H13N3O2S. The summed E-state index contributed by atoms with van der Waals surface area (Å²) in [5, 5.41) is 9.80. The summed E-state index contributed by atoms with van der Waals surface area (Å²) in [5.74, 6) is -0.109. The highest BCUT2D eigenvalue weighted by molar-refractivity contribution is 7.20. The van der Waals surface area contributed by atoms with Gasteiger partial charge < -0.3 is 10.0 Å². The predicted octanol–water partition coefficient (Wildman–Crippen LogP) is 2.24. The molecule has 2 rings (SSSR count). The largest absolute Gasteiger partial charge is 0.477 e. The van der Waals surface area contributed by atoms with E-state index in [9.17, 15) is 4.79 Å². The van der Waals surface area contributed by atoms with Gasteiger partial charge in [-0.15, -0.1) is 11.3 Å². The summed E-state index contributed by atoms with van der Waals surface area (Å²) >= 11 is 1.18. The fourth-order valence-corrected chi connectivity index (χ4v) is 2.56. The van der Waals surface area contributed by atoms with Crippen LogP contribution in [0.4, 0.5) is 5.82 Å². The highest BCUT2D eigenvalue weighted by Crippen LogP contribution is 2.29. The SMILES string of the molecule is CCN(CC)c1ncnc2sc(C(=O)O)cc12. The first-order valence-electron chi connectivity index (χ1n) is 5.40. The first-order chi connectivity index (χ1) is 8.17. The molecule has 0 bridgehead atoms. The van der Waals surface area contributed by atoms with Crippen LogP contribution in [-0.4, -0.2) is 34.1 Å². The van der Waals surface area contributed by atoms with E-state index in [1.165, 1.54) is 17.7 Å². The molecule has 2 aromatic rings. The average molecular weight is 251 g/mol. The van der Waals surface area contributed by atoms with E-state index < -0.39 is 5.97 Å². The molecule has 0 aliphatic carbocycles. The van der Waals surface area contributed by atoms with E-state index >= 15 is 0 Å². The van der Waals surface area contributed by atoms with Crippen molar-refractivity contribution in [3.63, 3.8) is 0 Å². The molecule has 0 unspecified atom stereocenters. The number of nitrogens with zero attached hydrogens (tertiary/aromatic N) is 3. The van der Waals surface area contributed by atoms with Crippen LogP contribution in [0.1, 0.15) is 23.5 Å². The molecule has 0 aliphatic heterocycles. The van der Waals surface area contributed by atoms with Crippen LogP contribution in [0.15, 0.2) is 12.4 Å². The number of thiophene rings is 1. The van der Waals surface area contributed by atoms with E-state index in [1.807, 2.05) is 13.8 Å². The van der Waals surface area contributed by atoms with Crippen LogP contribution in [0.5, 0.6) is 0 Å². The topological polar surface area (TPSA) is 66.3 Å². The fourth-order valence-electron chi connectivity index (χ4n) is 1.72. The maximum absolute atomic E-state index is 10.9. The number of aromatic nitrogens is 2. The molecule has 0 atom stereocenters. The number of rotatable bonds is 4. The zero-order chi connectivity index (χ0) is 12.4. The van der Waals surface area contributed by atoms with Crippen LogP contribution in [0, 0.1) is 0 Å². The first-order valence-corrected chi connectivity index (χ1v) is 6.21. The summed E-state index contributed by atoms with van der Waals surface area (Å²) < 4.78 is 0. The lowest BCUT2D eigenvalue weighted by molar-refractivity contribution is 0.0702. The van der Waals surface area contributed by atoms with E-state index in [-0.39, 0.29) is 0 Å². The van der Waals surface area contributed by atoms with E-state index in [0.717, 1.165) is 29.1 Å². The lowest BCUT2D eigenvalue weighted by Gasteiger charge is -2.19. The third kappa shape index (κ3) is 2.08. The molecule has 0 saturated carbocycles. The second kappa shape index (κ2) is 4.67. The van der Waals surface area contributed by atoms with Crippen LogP contribution in [0.2, 0.25) is 0 Å². The van der Waals surface area contributed by atoms with Gasteiger partial charge in [0.1, 0.15) is 21.9 Å². The Balaban J connectivity index is 2.60. The van der Waals surface area contributed by atoms with Crippen molar-refractivity contribution in [1.29, 1.82) is 0 Å². The third-order valence-electron chi connectivity index (χ3n) is 2.58. The second-order valence-corrected chi connectivity index (χ2v) is 4.53. The minimum absolute atomic E-state index is 0.300. The number of hydrogen-bond acceptors (Lipinski definition) is 5. The van der Waals surface area contributed by atoms with Crippen LogP contribution >= 0.6 is 11.3 Å². The summed E-state index contributed by atoms with van der Waals surface area (Å²) in [6.45, 7) is 5.76. The Bertz CT molecular complexity index is 549. The molecule has 0 amide bonds. The predicted molar refractivity (Wildman–Crippen MR) is 67.9 cm³/mol. The Morgan fingerprint density at radius 3 is 2.71 bits per heavy atom. The molecule has 0 fully saturated rings. The van der Waals surface area contributed by atoms with Gasteiger partial charge >= 0.3 is 5.97 Å². The highest BCUT2D eigenvalue weighted by Gasteiger charge is 2.15. The van der Waals surface area contributed by atoms with Crippen molar-refractivity contribution in [2.24, 2.45) is 0 Å². The molecule has 17 heavy (non-hydrogen) atoms. The van der Waals surface area contributed by atoms with Crippen molar-refractivity contribution in [3.8, 4) is 0 Å². The smallest absolute Gasteiger partial charge is 0.345 e. The molecule has 0 spiro atoms. The number of carboxylic acids is 1. The molecular weight excluding hydrogens is 238 g/mol. The van der Waals surface area contributed by atoms with Gasteiger partial charge in [0.2, 0.25) is 0 Å². The normalized spacial score (nSPS) is 10.7. The fraction of sp³-hybridized carbons (Fsp3) is 0.364. The molecule has 0 aliphatic rings. The molecule has 0 aromatic carbocycles. The van der Waals surface area contributed by atoms with Gasteiger partial charge in [-0.2, -0.15) is 0 Å². The standard InChI is InChI=1S/C11H13N3O2S/c1-3-14(4-2)9-7-5-8(11(15)16)17-10(7)13-6-12-9/h5-6H,3-4H2,1-2H3,(H,15,16). The first kappa shape index (κ1) is 11.8. The number of carbonyl (C=O) groups is 1. The molecule has 90 valence electrons. The van der Waals surface area contributed by atoms with Crippen LogP contribution in [0.3, 0.4) is 0 Å². The van der Waals surface area contributed by atoms with Gasteiger partial charge in [-0.1, -0.05) is 0 Å². The molecule has 1 N–H and O–H groups in total. The quantitative estimate of drug-likeness (QED) is 0.902. The second-order valence-electron chi connectivity index (χ2n) is 3.50. The Morgan fingerprint density at radius 2 is 2.12 bits per heavy atom. The van der Waals surface area contributed by atoms with E-state index in [1.54, 1.807) is 6.07 Å². The summed E-state index contributed by atoms with van der Waals surface area (Å²) in [6.07, 6.45) is 1.48. The van der Waals surface area contributed by atoms with Crippen LogP contribution in [0.25, 0.3) is 10.2 Å². The summed E-state index contributed by atoms with van der Waals surface area (Å²) in [5.41, 5.74) is 0. The number of anilines is 1. The van der Waals surface area contributed by atoms with Gasteiger partial charge in [0, 0.05) is 13.1 Å². The third-order valence-corrected chi connectivity index (χ3v) is 3.61. The van der Waals surface area contributed by atoms with Crippen molar-refractivity contribution >= 4 is 33.3 Å². The van der Waals surface area contributed by atoms with Crippen LogP contribution in [-0.2, 0) is 0 Å². The van der Waals surface area contributed by atoms with Crippen LogP contribution < -0.4 is 4.90 Å². The Morgan fingerprint density at radius 1 is 1.41 bits per heavy atom. The Kier molecular flexibility index (Phi) is 3.23. The van der Waals surface area contributed by atoms with Crippen molar-refractivity contribution in [2.45, 2.75) is 13.8 Å². The molecule has 2 aromatic heterocycles. The zero-order valence-corrected chi connectivity index (χ0v) is 10.5. The van der Waals surface area contributed by atoms with Crippen molar-refractivity contribution < 1.29 is 9.90 Å². The van der Waals surface area contributed by atoms with Gasteiger partial charge in [-0.05, 0) is 19.9 Å². The molecule has 5 nitrogen and oxygen atoms in total. The van der Waals surface area contributed by atoms with E-state index in [0.29, 0.717) is 4.88 Å². The van der Waals surface area contributed by atoms with Crippen molar-refractivity contribution in [1.82, 2.24) is 9.97 Å². The molecule has 0 saturated heterocycles. The lowest BCUT2D eigenvalue weighted by Crippen LogP contribution is -2.23. The number of aromatic carboxylic acids is 1. The zero-order valence-electron chi connectivity index (χ0n) is 9.67. The van der Waals surface area contributed by atoms with Gasteiger partial charge in [0.15, 0.2) is 0 Å². The monoisotopic (exact) mass is 251 g/mol. The van der Waals surface area contributed by atoms with Gasteiger partial charge in [0.05, 0.1) is 5.39 Å². The van der Waals surface area contributed by atoms with Gasteiger partial charge in [-0.25, -0.2) is 14.8 Å². The maximum Gasteiger partial charge on any atom is 0.345 e. The minimum Gasteiger partial charge on any atom is -0.477 e. The Hall–Kier alpha value is -1.69. The number of hydrogen-bond donors (Lipinski definition) is 1. The summed E-state index contributed by atoms with van der Waals surface area (Å²) in [4.78, 5) is 22.4. The van der Waals surface area contributed by atoms with Gasteiger partial charge in [0.25, 0.3) is 0 Å². The Labute approximate surface area is 103 Å². The molecule has 2 heterocycles. The van der Waals surface area contributed by atoms with E-state index in [4.69, 9.17) is 5.11 Å². The summed E-state index contributed by atoms with van der Waals surface area (Å²) in [7, 11) is 0. The maximum atomic E-state index is 10.9. The van der Waals surface area contributed by atoms with E-state index in [2.05, 4.69) is 14.9 Å². The van der Waals surface area contributed by atoms with Crippen molar-refractivity contribution in [2.75, 3.05) is 18.0 Å². The summed E-state index contributed by atoms with van der Waals surface area (Å²) in [6, 6.07) is 1.65. The number of carboxylic acid groups (broad SMARTS) is 1. The lowest BCUT2D eigenvalue weighted by atomic mass is 10.3.